The molecule has 1 N–H and O–H groups in total. The molecule has 2 aliphatic rings. The van der Waals surface area contributed by atoms with Gasteiger partial charge in [0.2, 0.25) is 0 Å². The zero-order chi connectivity index (χ0) is 22.2. The van der Waals surface area contributed by atoms with Crippen molar-refractivity contribution in [3.05, 3.63) is 97.6 Å². The van der Waals surface area contributed by atoms with Gasteiger partial charge in [0.15, 0.2) is 0 Å². The van der Waals surface area contributed by atoms with Crippen molar-refractivity contribution in [3.63, 3.8) is 0 Å². The molecule has 32 heavy (non-hydrogen) atoms. The number of nitrogens with zero attached hydrogens (tertiary/aromatic N) is 2. The summed E-state index contributed by atoms with van der Waals surface area (Å²) in [6.45, 7) is 5.57. The normalized spacial score (nSPS) is 20.7. The minimum absolute atomic E-state index is 0.0103. The van der Waals surface area contributed by atoms with Gasteiger partial charge in [-0.1, -0.05) is 54.2 Å². The van der Waals surface area contributed by atoms with Crippen LogP contribution in [0.1, 0.15) is 31.1 Å². The number of allylic oxidation sites excluding steroid dienone is 3. The van der Waals surface area contributed by atoms with Crippen LogP contribution in [-0.2, 0) is 6.54 Å². The maximum Gasteiger partial charge on any atom is 0.269 e. The summed E-state index contributed by atoms with van der Waals surface area (Å²) in [6, 6.07) is 16.2. The van der Waals surface area contributed by atoms with Gasteiger partial charge in [0, 0.05) is 35.4 Å². The molecule has 4 nitrogen and oxygen atoms in total. The van der Waals surface area contributed by atoms with Gasteiger partial charge < -0.3 is 10.0 Å². The van der Waals surface area contributed by atoms with Gasteiger partial charge in [0.05, 0.1) is 9.44 Å². The number of hydrogen-bond donors (Lipinski definition) is 1. The highest BCUT2D eigenvalue weighted by atomic mass is 32.2. The average Bonchev–Trinajstić information content (AvgIpc) is 3.33. The average molecular weight is 461 g/mol. The van der Waals surface area contributed by atoms with E-state index in [1.807, 2.05) is 55.5 Å². The number of thiazole rings is 1. The Bertz CT molecular complexity index is 1430. The molecule has 5 rings (SSSR count). The first-order valence-corrected chi connectivity index (χ1v) is 12.4. The van der Waals surface area contributed by atoms with E-state index in [2.05, 4.69) is 36.2 Å². The smallest absolute Gasteiger partial charge is 0.269 e. The lowest BCUT2D eigenvalue weighted by atomic mass is 9.99. The molecule has 0 spiro atoms. The second-order valence-electron chi connectivity index (χ2n) is 7.64. The van der Waals surface area contributed by atoms with E-state index < -0.39 is 6.10 Å². The molecule has 2 aromatic carbocycles. The van der Waals surface area contributed by atoms with Crippen LogP contribution in [0.15, 0.2) is 76.6 Å². The van der Waals surface area contributed by atoms with Crippen molar-refractivity contribution in [3.8, 4) is 0 Å². The van der Waals surface area contributed by atoms with Gasteiger partial charge >= 0.3 is 0 Å². The lowest BCUT2D eigenvalue weighted by Gasteiger charge is -2.26. The third-order valence-electron chi connectivity index (χ3n) is 5.83. The Labute approximate surface area is 195 Å². The zero-order valence-electron chi connectivity index (χ0n) is 18.0. The summed E-state index contributed by atoms with van der Waals surface area (Å²) in [4.78, 5) is 17.3. The van der Waals surface area contributed by atoms with E-state index in [1.54, 1.807) is 16.3 Å². The minimum atomic E-state index is -0.688. The van der Waals surface area contributed by atoms with E-state index in [0.29, 0.717) is 11.1 Å². The number of anilines is 1. The van der Waals surface area contributed by atoms with E-state index in [1.165, 1.54) is 17.0 Å². The monoisotopic (exact) mass is 460 g/mol. The summed E-state index contributed by atoms with van der Waals surface area (Å²) >= 11 is 3.02. The molecule has 1 atom stereocenters. The van der Waals surface area contributed by atoms with Crippen LogP contribution in [0.2, 0.25) is 0 Å². The molecule has 2 aliphatic heterocycles. The van der Waals surface area contributed by atoms with E-state index in [9.17, 15) is 9.90 Å². The molecule has 0 saturated heterocycles. The van der Waals surface area contributed by atoms with Crippen molar-refractivity contribution < 1.29 is 5.11 Å². The Balaban J connectivity index is 1.63. The number of aliphatic hydroxyl groups excluding tert-OH is 1. The van der Waals surface area contributed by atoms with Crippen LogP contribution in [-0.4, -0.2) is 16.2 Å². The Morgan fingerprint density at radius 1 is 1.03 bits per heavy atom. The molecule has 0 radical (unpaired) electrons. The minimum Gasteiger partial charge on any atom is -0.383 e. The van der Waals surface area contributed by atoms with Gasteiger partial charge in [-0.05, 0) is 49.3 Å². The SMILES string of the molecule is CCN1C=CC(=CC=c2sc(=C3Sc4ccccc4C3O)n(CC)c2=O)c2ccccc21. The third kappa shape index (κ3) is 3.48. The fraction of sp³-hybridized carbons (Fsp3) is 0.192. The van der Waals surface area contributed by atoms with Crippen LogP contribution >= 0.6 is 23.1 Å². The summed E-state index contributed by atoms with van der Waals surface area (Å²) in [5.41, 5.74) is 4.32. The molecule has 0 bridgehead atoms. The summed E-state index contributed by atoms with van der Waals surface area (Å²) in [7, 11) is 0. The number of aliphatic hydroxyl groups is 1. The third-order valence-corrected chi connectivity index (χ3v) is 8.35. The Kier molecular flexibility index (Phi) is 5.67. The molecule has 162 valence electrons. The van der Waals surface area contributed by atoms with Gasteiger partial charge in [-0.2, -0.15) is 0 Å². The number of rotatable bonds is 3. The number of thioether (sulfide) groups is 1. The maximum atomic E-state index is 13.2. The van der Waals surface area contributed by atoms with Crippen molar-refractivity contribution in [2.45, 2.75) is 31.4 Å². The van der Waals surface area contributed by atoms with E-state index >= 15 is 0 Å². The standard InChI is InChI=1S/C26H24N2O2S2/c1-3-27-16-15-17(18-9-5-7-11-20(18)27)13-14-22-25(30)28(4-2)26(32-22)24-23(29)19-10-6-8-12-21(19)31-24/h5-16,23,29H,3-4H2,1-2H3. The molecule has 3 aromatic rings. The van der Waals surface area contributed by atoms with Crippen LogP contribution in [0.5, 0.6) is 0 Å². The molecule has 0 aliphatic carbocycles. The van der Waals surface area contributed by atoms with Crippen molar-refractivity contribution >= 4 is 45.3 Å². The maximum absolute atomic E-state index is 13.2. The Morgan fingerprint density at radius 2 is 1.81 bits per heavy atom. The highest BCUT2D eigenvalue weighted by Crippen LogP contribution is 2.47. The fourth-order valence-electron chi connectivity index (χ4n) is 4.17. The lowest BCUT2D eigenvalue weighted by molar-refractivity contribution is 0.240. The first kappa shape index (κ1) is 21.1. The molecule has 3 heterocycles. The molecular weight excluding hydrogens is 436 g/mol. The predicted octanol–water partition coefficient (Wildman–Crippen LogP) is 4.09. The van der Waals surface area contributed by atoms with Gasteiger partial charge in [-0.3, -0.25) is 9.36 Å². The number of fused-ring (bicyclic) bond motifs is 2. The zero-order valence-corrected chi connectivity index (χ0v) is 19.6. The van der Waals surface area contributed by atoms with Gasteiger partial charge in [-0.25, -0.2) is 0 Å². The van der Waals surface area contributed by atoms with Crippen LogP contribution in [0.4, 0.5) is 5.69 Å². The van der Waals surface area contributed by atoms with Crippen LogP contribution in [0.25, 0.3) is 16.6 Å². The first-order valence-electron chi connectivity index (χ1n) is 10.8. The summed E-state index contributed by atoms with van der Waals surface area (Å²) in [5, 5.41) is 10.9. The van der Waals surface area contributed by atoms with Crippen molar-refractivity contribution in [2.24, 2.45) is 0 Å². The van der Waals surface area contributed by atoms with Crippen LogP contribution in [0, 0.1) is 0 Å². The topological polar surface area (TPSA) is 45.5 Å². The van der Waals surface area contributed by atoms with Crippen molar-refractivity contribution in [2.75, 3.05) is 11.4 Å². The number of hydrogen-bond acceptors (Lipinski definition) is 5. The molecule has 1 aromatic heterocycles. The molecule has 0 fully saturated rings. The quantitative estimate of drug-likeness (QED) is 0.639. The summed E-state index contributed by atoms with van der Waals surface area (Å²) in [5.74, 6) is 0. The number of para-hydroxylation sites is 1. The van der Waals surface area contributed by atoms with Gasteiger partial charge in [0.25, 0.3) is 5.56 Å². The van der Waals surface area contributed by atoms with Crippen LogP contribution in [0.3, 0.4) is 0 Å². The first-order chi connectivity index (χ1) is 15.6. The molecule has 0 amide bonds. The Morgan fingerprint density at radius 3 is 2.59 bits per heavy atom. The number of aromatic nitrogens is 1. The lowest BCUT2D eigenvalue weighted by Crippen LogP contribution is -2.31. The predicted molar refractivity (Wildman–Crippen MR) is 135 cm³/mol. The van der Waals surface area contributed by atoms with Crippen LogP contribution < -0.4 is 19.7 Å². The second-order valence-corrected chi connectivity index (χ2v) is 9.75. The van der Waals surface area contributed by atoms with Crippen molar-refractivity contribution in [1.29, 1.82) is 0 Å². The van der Waals surface area contributed by atoms with E-state index in [4.69, 9.17) is 0 Å². The highest BCUT2D eigenvalue weighted by Gasteiger charge is 2.28. The van der Waals surface area contributed by atoms with Gasteiger partial charge in [-0.15, -0.1) is 11.3 Å². The fourth-order valence-corrected chi connectivity index (χ4v) is 6.62. The van der Waals surface area contributed by atoms with Gasteiger partial charge in [0.1, 0.15) is 10.8 Å². The molecule has 0 saturated carbocycles. The summed E-state index contributed by atoms with van der Waals surface area (Å²) in [6.07, 6.45) is 7.44. The highest BCUT2D eigenvalue weighted by molar-refractivity contribution is 8.08. The largest absolute Gasteiger partial charge is 0.383 e. The second kappa shape index (κ2) is 8.62. The number of benzene rings is 2. The van der Waals surface area contributed by atoms with Crippen molar-refractivity contribution in [1.82, 2.24) is 4.57 Å². The Hall–Kier alpha value is -2.80. The van der Waals surface area contributed by atoms with E-state index in [0.717, 1.165) is 37.7 Å². The molecular formula is C26H24N2O2S2. The molecule has 6 heteroatoms. The molecule has 1 unspecified atom stereocenters. The summed E-state index contributed by atoms with van der Waals surface area (Å²) < 4.78 is 3.29. The van der Waals surface area contributed by atoms with E-state index in [-0.39, 0.29) is 5.56 Å².